The molecule has 0 saturated heterocycles. The van der Waals surface area contributed by atoms with Gasteiger partial charge in [0.2, 0.25) is 0 Å². The molecule has 0 fully saturated rings. The number of fused-ring (bicyclic) bond motifs is 1. The van der Waals surface area contributed by atoms with Gasteiger partial charge in [0.1, 0.15) is 11.6 Å². The van der Waals surface area contributed by atoms with Crippen LogP contribution in [-0.4, -0.2) is 6.61 Å². The number of hydrazine groups is 1. The van der Waals surface area contributed by atoms with E-state index in [-0.39, 0.29) is 17.8 Å². The van der Waals surface area contributed by atoms with Crippen molar-refractivity contribution in [2.24, 2.45) is 5.84 Å². The maximum absolute atomic E-state index is 13.8. The predicted molar refractivity (Wildman–Crippen MR) is 80.5 cm³/mol. The molecule has 1 aliphatic heterocycles. The Labute approximate surface area is 123 Å². The lowest BCUT2D eigenvalue weighted by Crippen LogP contribution is -2.34. The van der Waals surface area contributed by atoms with Crippen LogP contribution >= 0.6 is 0 Å². The van der Waals surface area contributed by atoms with Crippen molar-refractivity contribution in [1.29, 1.82) is 0 Å². The summed E-state index contributed by atoms with van der Waals surface area (Å²) in [7, 11) is 0. The van der Waals surface area contributed by atoms with Gasteiger partial charge in [0.05, 0.1) is 12.6 Å². The molecule has 3 nitrogen and oxygen atoms in total. The average molecular weight is 286 g/mol. The predicted octanol–water partition coefficient (Wildman–Crippen LogP) is 3.20. The quantitative estimate of drug-likeness (QED) is 0.673. The molecule has 3 N–H and O–H groups in total. The lowest BCUT2D eigenvalue weighted by molar-refractivity contribution is 0.246. The largest absolute Gasteiger partial charge is 0.493 e. The molecule has 0 amide bonds. The molecule has 0 radical (unpaired) electrons. The van der Waals surface area contributed by atoms with E-state index in [0.29, 0.717) is 12.2 Å². The molecule has 21 heavy (non-hydrogen) atoms. The molecule has 2 aromatic carbocycles. The summed E-state index contributed by atoms with van der Waals surface area (Å²) < 4.78 is 19.5. The van der Waals surface area contributed by atoms with Gasteiger partial charge in [0, 0.05) is 5.92 Å². The van der Waals surface area contributed by atoms with Crippen molar-refractivity contribution in [3.8, 4) is 5.75 Å². The number of aryl methyl sites for hydroxylation is 1. The van der Waals surface area contributed by atoms with Crippen molar-refractivity contribution < 1.29 is 9.13 Å². The molecule has 2 unspecified atom stereocenters. The van der Waals surface area contributed by atoms with Gasteiger partial charge in [-0.1, -0.05) is 30.3 Å². The smallest absolute Gasteiger partial charge is 0.126 e. The van der Waals surface area contributed by atoms with Gasteiger partial charge in [-0.05, 0) is 42.2 Å². The van der Waals surface area contributed by atoms with E-state index in [9.17, 15) is 4.39 Å². The Morgan fingerprint density at radius 3 is 2.86 bits per heavy atom. The zero-order valence-electron chi connectivity index (χ0n) is 12.0. The second kappa shape index (κ2) is 5.84. The maximum atomic E-state index is 13.8. The van der Waals surface area contributed by atoms with Gasteiger partial charge < -0.3 is 4.74 Å². The molecule has 0 saturated carbocycles. The first-order chi connectivity index (χ1) is 10.2. The van der Waals surface area contributed by atoms with Crippen LogP contribution in [0.25, 0.3) is 0 Å². The Morgan fingerprint density at radius 1 is 1.29 bits per heavy atom. The number of nitrogens with two attached hydrogens (primary N) is 1. The highest BCUT2D eigenvalue weighted by molar-refractivity contribution is 5.40. The van der Waals surface area contributed by atoms with E-state index in [4.69, 9.17) is 10.6 Å². The topological polar surface area (TPSA) is 47.3 Å². The number of nitrogens with one attached hydrogen (secondary N) is 1. The molecule has 2 atom stereocenters. The number of para-hydroxylation sites is 1. The van der Waals surface area contributed by atoms with Crippen molar-refractivity contribution >= 4 is 0 Å². The first-order valence-electron chi connectivity index (χ1n) is 7.14. The number of hydrogen-bond donors (Lipinski definition) is 2. The number of rotatable bonds is 3. The number of benzene rings is 2. The van der Waals surface area contributed by atoms with E-state index in [1.807, 2.05) is 30.3 Å². The monoisotopic (exact) mass is 286 g/mol. The van der Waals surface area contributed by atoms with E-state index in [1.54, 1.807) is 19.1 Å². The molecule has 0 bridgehead atoms. The highest BCUT2D eigenvalue weighted by Gasteiger charge is 2.29. The van der Waals surface area contributed by atoms with Crippen molar-refractivity contribution in [2.75, 3.05) is 6.61 Å². The Morgan fingerprint density at radius 2 is 2.10 bits per heavy atom. The van der Waals surface area contributed by atoms with Gasteiger partial charge in [-0.3, -0.25) is 11.3 Å². The first-order valence-corrected chi connectivity index (χ1v) is 7.14. The third-order valence-corrected chi connectivity index (χ3v) is 4.14. The fraction of sp³-hybridized carbons (Fsp3) is 0.294. The SMILES string of the molecule is Cc1ccc(C(NN)C2CCOc3ccccc32)cc1F. The van der Waals surface area contributed by atoms with Gasteiger partial charge in [0.15, 0.2) is 0 Å². The molecule has 0 aliphatic carbocycles. The Bertz CT molecular complexity index is 644. The van der Waals surface area contributed by atoms with E-state index in [1.165, 1.54) is 0 Å². The molecule has 2 aromatic rings. The van der Waals surface area contributed by atoms with E-state index >= 15 is 0 Å². The van der Waals surface area contributed by atoms with E-state index in [0.717, 1.165) is 23.3 Å². The van der Waals surface area contributed by atoms with Gasteiger partial charge in [-0.2, -0.15) is 0 Å². The second-order valence-corrected chi connectivity index (χ2v) is 5.43. The van der Waals surface area contributed by atoms with Gasteiger partial charge >= 0.3 is 0 Å². The fourth-order valence-electron chi connectivity index (χ4n) is 2.96. The van der Waals surface area contributed by atoms with Crippen LogP contribution in [0.15, 0.2) is 42.5 Å². The van der Waals surface area contributed by atoms with Gasteiger partial charge in [0.25, 0.3) is 0 Å². The molecule has 3 rings (SSSR count). The third-order valence-electron chi connectivity index (χ3n) is 4.14. The van der Waals surface area contributed by atoms with Gasteiger partial charge in [-0.25, -0.2) is 4.39 Å². The Hall–Kier alpha value is -1.91. The standard InChI is InChI=1S/C17H19FN2O/c1-11-6-7-12(10-15(11)18)17(20-19)14-8-9-21-16-5-3-2-4-13(14)16/h2-7,10,14,17,20H,8-9,19H2,1H3. The van der Waals surface area contributed by atoms with E-state index < -0.39 is 0 Å². The number of ether oxygens (including phenoxy) is 1. The highest BCUT2D eigenvalue weighted by Crippen LogP contribution is 2.41. The van der Waals surface area contributed by atoms with E-state index in [2.05, 4.69) is 5.43 Å². The van der Waals surface area contributed by atoms with Crippen molar-refractivity contribution in [3.63, 3.8) is 0 Å². The highest BCUT2D eigenvalue weighted by atomic mass is 19.1. The molecular formula is C17H19FN2O. The molecule has 1 aliphatic rings. The van der Waals surface area contributed by atoms with Crippen LogP contribution in [0.5, 0.6) is 5.75 Å². The molecule has 0 spiro atoms. The summed E-state index contributed by atoms with van der Waals surface area (Å²) in [5.41, 5.74) is 5.48. The summed E-state index contributed by atoms with van der Waals surface area (Å²) >= 11 is 0. The van der Waals surface area contributed by atoms with Crippen LogP contribution in [0.2, 0.25) is 0 Å². The second-order valence-electron chi connectivity index (χ2n) is 5.43. The zero-order chi connectivity index (χ0) is 14.8. The van der Waals surface area contributed by atoms with Crippen LogP contribution in [0, 0.1) is 12.7 Å². The lowest BCUT2D eigenvalue weighted by Gasteiger charge is -2.32. The Balaban J connectivity index is 1.99. The minimum absolute atomic E-state index is 0.134. The summed E-state index contributed by atoms with van der Waals surface area (Å²) in [6.07, 6.45) is 0.849. The minimum atomic E-state index is -0.201. The van der Waals surface area contributed by atoms with Crippen LogP contribution in [0.3, 0.4) is 0 Å². The zero-order valence-corrected chi connectivity index (χ0v) is 12.0. The van der Waals surface area contributed by atoms with Crippen LogP contribution in [0.1, 0.15) is 35.1 Å². The van der Waals surface area contributed by atoms with Crippen molar-refractivity contribution in [3.05, 3.63) is 65.0 Å². The summed E-state index contributed by atoms with van der Waals surface area (Å²) in [6.45, 7) is 2.40. The van der Waals surface area contributed by atoms with Crippen LogP contribution < -0.4 is 16.0 Å². The number of hydrogen-bond acceptors (Lipinski definition) is 3. The summed E-state index contributed by atoms with van der Waals surface area (Å²) in [5, 5.41) is 0. The van der Waals surface area contributed by atoms with Crippen molar-refractivity contribution in [2.45, 2.75) is 25.3 Å². The van der Waals surface area contributed by atoms with Crippen LogP contribution in [0.4, 0.5) is 4.39 Å². The summed E-state index contributed by atoms with van der Waals surface area (Å²) in [5.74, 6) is 6.63. The summed E-state index contributed by atoms with van der Waals surface area (Å²) in [4.78, 5) is 0. The Kier molecular flexibility index (Phi) is 3.90. The van der Waals surface area contributed by atoms with Gasteiger partial charge in [-0.15, -0.1) is 0 Å². The van der Waals surface area contributed by atoms with Crippen molar-refractivity contribution in [1.82, 2.24) is 5.43 Å². The minimum Gasteiger partial charge on any atom is -0.493 e. The van der Waals surface area contributed by atoms with Crippen LogP contribution in [-0.2, 0) is 0 Å². The normalized spacial score (nSPS) is 18.7. The number of halogens is 1. The molecular weight excluding hydrogens is 267 g/mol. The molecule has 110 valence electrons. The third kappa shape index (κ3) is 2.64. The molecule has 0 aromatic heterocycles. The lowest BCUT2D eigenvalue weighted by atomic mass is 9.83. The first kappa shape index (κ1) is 14.0. The summed E-state index contributed by atoms with van der Waals surface area (Å²) in [6, 6.07) is 13.1. The maximum Gasteiger partial charge on any atom is 0.126 e. The molecule has 1 heterocycles. The fourth-order valence-corrected chi connectivity index (χ4v) is 2.96. The average Bonchev–Trinajstić information content (AvgIpc) is 2.52. The molecule has 4 heteroatoms.